The predicted octanol–water partition coefficient (Wildman–Crippen LogP) is 16.8. The van der Waals surface area contributed by atoms with Gasteiger partial charge in [0.1, 0.15) is 0 Å². The van der Waals surface area contributed by atoms with Gasteiger partial charge in [-0.15, -0.1) is 0 Å². The van der Waals surface area contributed by atoms with Gasteiger partial charge in [0.2, 0.25) is 0 Å². The van der Waals surface area contributed by atoms with E-state index in [1.165, 1.54) is 110 Å². The largest absolute Gasteiger partial charge is 0.0622 e. The molecule has 0 saturated carbocycles. The van der Waals surface area contributed by atoms with E-state index in [1.54, 1.807) is 0 Å². The Morgan fingerprint density at radius 2 is 0.567 bits per heavy atom. The number of hydrogen-bond donors (Lipinski definition) is 0. The summed E-state index contributed by atoms with van der Waals surface area (Å²) in [7, 11) is 0. The lowest BCUT2D eigenvalue weighted by atomic mass is 9.84. The zero-order valence-corrected chi connectivity index (χ0v) is 33.1. The SMILES string of the molecule is c1ccc(-c2cccc(-c3ccc(-c4c5ccccc5c(-c5ccccc5)c5ccccc45)cc3-c3cccc(-c4ccc(-c5cccc6ccccc56)cc4)c3)c2)cc1. The maximum atomic E-state index is 2.43. The summed E-state index contributed by atoms with van der Waals surface area (Å²) in [5.74, 6) is 0. The third-order valence-electron chi connectivity index (χ3n) is 12.1. The summed E-state index contributed by atoms with van der Waals surface area (Å²) >= 11 is 0. The molecule has 0 N–H and O–H groups in total. The van der Waals surface area contributed by atoms with E-state index in [2.05, 4.69) is 243 Å². The van der Waals surface area contributed by atoms with Crippen LogP contribution in [0, 0.1) is 0 Å². The molecule has 0 spiro atoms. The smallest absolute Gasteiger partial charge is 0.00261 e. The van der Waals surface area contributed by atoms with Crippen LogP contribution in [0.2, 0.25) is 0 Å². The maximum absolute atomic E-state index is 2.43. The van der Waals surface area contributed by atoms with Crippen LogP contribution >= 0.6 is 0 Å². The zero-order chi connectivity index (χ0) is 39.8. The average molecular weight is 761 g/mol. The first-order valence-corrected chi connectivity index (χ1v) is 20.7. The highest BCUT2D eigenvalue weighted by molar-refractivity contribution is 6.21. The quantitative estimate of drug-likeness (QED) is 0.142. The highest BCUT2D eigenvalue weighted by Crippen LogP contribution is 2.46. The molecule has 11 aromatic carbocycles. The van der Waals surface area contributed by atoms with Crippen LogP contribution in [0.5, 0.6) is 0 Å². The molecule has 0 fully saturated rings. The second kappa shape index (κ2) is 15.2. The van der Waals surface area contributed by atoms with Gasteiger partial charge in [-0.25, -0.2) is 0 Å². The van der Waals surface area contributed by atoms with E-state index in [0.29, 0.717) is 0 Å². The zero-order valence-electron chi connectivity index (χ0n) is 33.1. The van der Waals surface area contributed by atoms with Gasteiger partial charge in [0.05, 0.1) is 0 Å². The predicted molar refractivity (Wildman–Crippen MR) is 257 cm³/mol. The van der Waals surface area contributed by atoms with Gasteiger partial charge in [-0.1, -0.05) is 224 Å². The molecule has 0 saturated heterocycles. The Morgan fingerprint density at radius 1 is 0.167 bits per heavy atom. The Labute approximate surface area is 351 Å². The van der Waals surface area contributed by atoms with E-state index in [4.69, 9.17) is 0 Å². The third-order valence-corrected chi connectivity index (χ3v) is 12.1. The first kappa shape index (κ1) is 35.4. The molecule has 0 heteroatoms. The lowest BCUT2D eigenvalue weighted by Crippen LogP contribution is -1.93. The van der Waals surface area contributed by atoms with E-state index in [-0.39, 0.29) is 0 Å². The van der Waals surface area contributed by atoms with Crippen LogP contribution in [0.1, 0.15) is 0 Å². The molecule has 0 aliphatic rings. The Morgan fingerprint density at radius 3 is 1.18 bits per heavy atom. The van der Waals surface area contributed by atoms with E-state index in [1.807, 2.05) is 0 Å². The van der Waals surface area contributed by atoms with Crippen molar-refractivity contribution in [2.45, 2.75) is 0 Å². The topological polar surface area (TPSA) is 0 Å². The van der Waals surface area contributed by atoms with Crippen molar-refractivity contribution in [2.75, 3.05) is 0 Å². The summed E-state index contributed by atoms with van der Waals surface area (Å²) in [6.45, 7) is 0. The van der Waals surface area contributed by atoms with Crippen molar-refractivity contribution < 1.29 is 0 Å². The van der Waals surface area contributed by atoms with Crippen LogP contribution in [0.4, 0.5) is 0 Å². The van der Waals surface area contributed by atoms with Gasteiger partial charge in [0.15, 0.2) is 0 Å². The first-order valence-electron chi connectivity index (χ1n) is 20.7. The summed E-state index contributed by atoms with van der Waals surface area (Å²) in [5.41, 5.74) is 17.0. The summed E-state index contributed by atoms with van der Waals surface area (Å²) in [6, 6.07) is 88.8. The molecule has 0 radical (unpaired) electrons. The van der Waals surface area contributed by atoms with Gasteiger partial charge in [0, 0.05) is 0 Å². The van der Waals surface area contributed by atoms with Gasteiger partial charge in [0.25, 0.3) is 0 Å². The van der Waals surface area contributed by atoms with Gasteiger partial charge < -0.3 is 0 Å². The second-order valence-corrected chi connectivity index (χ2v) is 15.6. The van der Waals surface area contributed by atoms with Crippen molar-refractivity contribution >= 4 is 32.3 Å². The molecule has 0 aliphatic heterocycles. The molecule has 0 aromatic heterocycles. The number of hydrogen-bond acceptors (Lipinski definition) is 0. The van der Waals surface area contributed by atoms with E-state index < -0.39 is 0 Å². The van der Waals surface area contributed by atoms with Crippen LogP contribution in [-0.2, 0) is 0 Å². The van der Waals surface area contributed by atoms with E-state index in [9.17, 15) is 0 Å². The maximum Gasteiger partial charge on any atom is -0.00261 e. The summed E-state index contributed by atoms with van der Waals surface area (Å²) in [4.78, 5) is 0. The molecule has 0 unspecified atom stereocenters. The van der Waals surface area contributed by atoms with Crippen molar-refractivity contribution in [2.24, 2.45) is 0 Å². The van der Waals surface area contributed by atoms with Crippen molar-refractivity contribution in [1.29, 1.82) is 0 Å². The van der Waals surface area contributed by atoms with Crippen LogP contribution in [0.25, 0.3) is 110 Å². The van der Waals surface area contributed by atoms with E-state index in [0.717, 1.165) is 0 Å². The highest BCUT2D eigenvalue weighted by Gasteiger charge is 2.19. The van der Waals surface area contributed by atoms with Crippen molar-refractivity contribution in [3.8, 4) is 77.9 Å². The third kappa shape index (κ3) is 6.36. The van der Waals surface area contributed by atoms with Crippen LogP contribution in [0.15, 0.2) is 243 Å². The molecule has 0 atom stereocenters. The minimum atomic E-state index is 1.18. The molecular weight excluding hydrogens is 721 g/mol. The molecule has 280 valence electrons. The first-order chi connectivity index (χ1) is 29.8. The van der Waals surface area contributed by atoms with Gasteiger partial charge in [-0.2, -0.15) is 0 Å². The molecule has 0 amide bonds. The van der Waals surface area contributed by atoms with Crippen molar-refractivity contribution in [3.05, 3.63) is 243 Å². The number of benzene rings is 11. The Hall–Kier alpha value is -7.80. The standard InChI is InChI=1S/C60H40/c1-3-16-41(17-4-1)46-22-13-24-48(38-46)53-37-36-50(60-56-29-11-9-27-54(56)59(45-19-5-2-6-20-45)55-28-10-12-30-57(55)60)40-58(53)49-25-14-23-47(39-49)42-32-34-44(35-33-42)52-31-15-21-43-18-7-8-26-51(43)52/h1-40H. The van der Waals surface area contributed by atoms with Gasteiger partial charge in [-0.05, 0) is 128 Å². The van der Waals surface area contributed by atoms with Gasteiger partial charge >= 0.3 is 0 Å². The molecule has 60 heavy (non-hydrogen) atoms. The van der Waals surface area contributed by atoms with Crippen LogP contribution in [-0.4, -0.2) is 0 Å². The van der Waals surface area contributed by atoms with Gasteiger partial charge in [-0.3, -0.25) is 0 Å². The van der Waals surface area contributed by atoms with Crippen molar-refractivity contribution in [3.63, 3.8) is 0 Å². The van der Waals surface area contributed by atoms with Crippen LogP contribution in [0.3, 0.4) is 0 Å². The average Bonchev–Trinajstić information content (AvgIpc) is 3.33. The summed E-state index contributed by atoms with van der Waals surface area (Å²) < 4.78 is 0. The van der Waals surface area contributed by atoms with Crippen molar-refractivity contribution in [1.82, 2.24) is 0 Å². The Bertz CT molecular complexity index is 3280. The molecule has 0 bridgehead atoms. The summed E-state index contributed by atoms with van der Waals surface area (Å²) in [5, 5.41) is 7.54. The molecule has 0 heterocycles. The lowest BCUT2D eigenvalue weighted by molar-refractivity contribution is 1.55. The second-order valence-electron chi connectivity index (χ2n) is 15.6. The lowest BCUT2D eigenvalue weighted by Gasteiger charge is -2.19. The molecule has 0 nitrogen and oxygen atoms in total. The molecule has 0 aliphatic carbocycles. The minimum absolute atomic E-state index is 1.18. The van der Waals surface area contributed by atoms with Crippen LogP contribution < -0.4 is 0 Å². The molecule has 11 rings (SSSR count). The fourth-order valence-electron chi connectivity index (χ4n) is 9.23. The monoisotopic (exact) mass is 760 g/mol. The normalized spacial score (nSPS) is 11.3. The molecule has 11 aromatic rings. The molecular formula is C60H40. The fraction of sp³-hybridized carbons (Fsp3) is 0. The number of rotatable bonds is 7. The Balaban J connectivity index is 1.09. The minimum Gasteiger partial charge on any atom is -0.0622 e. The summed E-state index contributed by atoms with van der Waals surface area (Å²) in [6.07, 6.45) is 0. The Kier molecular flexibility index (Phi) is 8.95. The number of fused-ring (bicyclic) bond motifs is 3. The highest BCUT2D eigenvalue weighted by atomic mass is 14.2. The fourth-order valence-corrected chi connectivity index (χ4v) is 9.23. The van der Waals surface area contributed by atoms with E-state index >= 15 is 0 Å².